The molecule has 0 spiro atoms. The molecule has 3 aromatic rings. The number of halogens is 1. The van der Waals surface area contributed by atoms with Gasteiger partial charge < -0.3 is 4.90 Å². The van der Waals surface area contributed by atoms with Crippen LogP contribution in [0, 0.1) is 6.92 Å². The number of nitrogens with zero attached hydrogens (tertiary/aromatic N) is 6. The lowest BCUT2D eigenvalue weighted by Gasteiger charge is -2.34. The van der Waals surface area contributed by atoms with Crippen LogP contribution in [0.25, 0.3) is 5.69 Å². The third-order valence-corrected chi connectivity index (χ3v) is 5.26. The van der Waals surface area contributed by atoms with Crippen molar-refractivity contribution in [1.82, 2.24) is 30.0 Å². The molecule has 0 atom stereocenters. The Morgan fingerprint density at radius 2 is 1.75 bits per heavy atom. The Bertz CT molecular complexity index is 963. The van der Waals surface area contributed by atoms with E-state index < -0.39 is 0 Å². The molecule has 0 N–H and O–H groups in total. The van der Waals surface area contributed by atoms with E-state index in [0.29, 0.717) is 24.7 Å². The van der Waals surface area contributed by atoms with Gasteiger partial charge in [-0.15, -0.1) is 5.10 Å². The van der Waals surface area contributed by atoms with E-state index in [2.05, 4.69) is 20.4 Å². The first kappa shape index (κ1) is 18.6. The maximum absolute atomic E-state index is 12.8. The van der Waals surface area contributed by atoms with Gasteiger partial charge in [-0.25, -0.2) is 0 Å². The third-order valence-electron chi connectivity index (χ3n) is 5.01. The number of piperazine rings is 1. The maximum atomic E-state index is 12.8. The molecule has 0 aliphatic carbocycles. The van der Waals surface area contributed by atoms with E-state index in [0.717, 1.165) is 35.7 Å². The van der Waals surface area contributed by atoms with Crippen LogP contribution in [-0.2, 0) is 6.54 Å². The van der Waals surface area contributed by atoms with E-state index in [1.54, 1.807) is 4.68 Å². The molecule has 28 heavy (non-hydrogen) atoms. The Balaban J connectivity index is 1.39. The number of aryl methyl sites for hydroxylation is 1. The number of rotatable bonds is 4. The number of tetrazole rings is 1. The highest BCUT2D eigenvalue weighted by Crippen LogP contribution is 2.16. The average Bonchev–Trinajstić information content (AvgIpc) is 3.17. The lowest BCUT2D eigenvalue weighted by atomic mass is 10.1. The number of hydrogen-bond donors (Lipinski definition) is 0. The third kappa shape index (κ3) is 3.90. The molecule has 0 radical (unpaired) electrons. The highest BCUT2D eigenvalue weighted by Gasteiger charge is 2.24. The molecule has 0 unspecified atom stereocenters. The summed E-state index contributed by atoms with van der Waals surface area (Å²) in [5.74, 6) is 0.866. The maximum Gasteiger partial charge on any atom is 0.254 e. The smallest absolute Gasteiger partial charge is 0.254 e. The highest BCUT2D eigenvalue weighted by atomic mass is 35.5. The molecule has 1 fully saturated rings. The van der Waals surface area contributed by atoms with Gasteiger partial charge in [0.2, 0.25) is 0 Å². The Morgan fingerprint density at radius 3 is 2.46 bits per heavy atom. The summed E-state index contributed by atoms with van der Waals surface area (Å²) in [6.45, 7) is 5.55. The summed E-state index contributed by atoms with van der Waals surface area (Å²) in [6, 6.07) is 15.1. The summed E-state index contributed by atoms with van der Waals surface area (Å²) < 4.78 is 1.72. The van der Waals surface area contributed by atoms with Gasteiger partial charge in [0, 0.05) is 36.8 Å². The quantitative estimate of drug-likeness (QED) is 0.678. The van der Waals surface area contributed by atoms with Crippen molar-refractivity contribution >= 4 is 17.5 Å². The minimum Gasteiger partial charge on any atom is -0.336 e. The molecule has 1 aliphatic rings. The van der Waals surface area contributed by atoms with Gasteiger partial charge in [0.05, 0.1) is 12.2 Å². The zero-order chi connectivity index (χ0) is 19.5. The van der Waals surface area contributed by atoms with Crippen molar-refractivity contribution in [3.63, 3.8) is 0 Å². The van der Waals surface area contributed by atoms with Gasteiger partial charge in [-0.3, -0.25) is 9.69 Å². The molecule has 1 saturated heterocycles. The molecule has 8 heteroatoms. The molecule has 0 saturated carbocycles. The van der Waals surface area contributed by atoms with Gasteiger partial charge >= 0.3 is 0 Å². The molecule has 2 aromatic carbocycles. The van der Waals surface area contributed by atoms with Crippen LogP contribution in [0.1, 0.15) is 21.7 Å². The van der Waals surface area contributed by atoms with Crippen LogP contribution in [0.15, 0.2) is 48.5 Å². The largest absolute Gasteiger partial charge is 0.336 e. The topological polar surface area (TPSA) is 67.2 Å². The van der Waals surface area contributed by atoms with Crippen molar-refractivity contribution in [2.75, 3.05) is 26.2 Å². The minimum absolute atomic E-state index is 0.101. The van der Waals surface area contributed by atoms with E-state index in [1.807, 2.05) is 60.4 Å². The van der Waals surface area contributed by atoms with Crippen molar-refractivity contribution in [1.29, 1.82) is 0 Å². The van der Waals surface area contributed by atoms with Gasteiger partial charge in [-0.05, 0) is 53.2 Å². The van der Waals surface area contributed by atoms with Crippen molar-refractivity contribution in [3.8, 4) is 5.69 Å². The zero-order valence-corrected chi connectivity index (χ0v) is 16.4. The van der Waals surface area contributed by atoms with Crippen LogP contribution in [0.2, 0.25) is 5.02 Å². The van der Waals surface area contributed by atoms with Gasteiger partial charge in [0.25, 0.3) is 5.91 Å². The molecule has 4 rings (SSSR count). The summed E-state index contributed by atoms with van der Waals surface area (Å²) in [5.41, 5.74) is 2.66. The average molecular weight is 397 g/mol. The monoisotopic (exact) mass is 396 g/mol. The standard InChI is InChI=1S/C20H21ClN6O/c1-15-4-2-3-5-18(15)20(28)26-12-10-25(11-13-26)14-19-22-23-24-27(19)17-8-6-16(21)7-9-17/h2-9H,10-14H2,1H3. The van der Waals surface area contributed by atoms with Crippen LogP contribution in [0.5, 0.6) is 0 Å². The summed E-state index contributed by atoms with van der Waals surface area (Å²) in [4.78, 5) is 17.0. The Kier molecular flexibility index (Phi) is 5.36. The molecular weight excluding hydrogens is 376 g/mol. The van der Waals surface area contributed by atoms with Gasteiger partial charge in [0.15, 0.2) is 5.82 Å². The number of benzene rings is 2. The molecule has 144 valence electrons. The summed E-state index contributed by atoms with van der Waals surface area (Å²) >= 11 is 5.96. The molecule has 7 nitrogen and oxygen atoms in total. The van der Waals surface area contributed by atoms with Crippen molar-refractivity contribution in [2.24, 2.45) is 0 Å². The molecular formula is C20H21ClN6O. The number of aromatic nitrogens is 4. The van der Waals surface area contributed by atoms with E-state index in [-0.39, 0.29) is 5.91 Å². The van der Waals surface area contributed by atoms with Crippen LogP contribution in [0.3, 0.4) is 0 Å². The van der Waals surface area contributed by atoms with E-state index in [1.165, 1.54) is 0 Å². The number of carbonyl (C=O) groups excluding carboxylic acids is 1. The van der Waals surface area contributed by atoms with Gasteiger partial charge in [-0.1, -0.05) is 29.8 Å². The zero-order valence-electron chi connectivity index (χ0n) is 15.6. The lowest BCUT2D eigenvalue weighted by Crippen LogP contribution is -2.48. The highest BCUT2D eigenvalue weighted by molar-refractivity contribution is 6.30. The Labute approximate surface area is 168 Å². The van der Waals surface area contributed by atoms with E-state index in [9.17, 15) is 4.79 Å². The Morgan fingerprint density at radius 1 is 1.04 bits per heavy atom. The van der Waals surface area contributed by atoms with E-state index in [4.69, 9.17) is 11.6 Å². The van der Waals surface area contributed by atoms with Gasteiger partial charge in [0.1, 0.15) is 0 Å². The molecule has 1 aromatic heterocycles. The fraction of sp³-hybridized carbons (Fsp3) is 0.300. The first-order valence-corrected chi connectivity index (χ1v) is 9.60. The van der Waals surface area contributed by atoms with Crippen molar-refractivity contribution in [3.05, 3.63) is 70.5 Å². The second kappa shape index (κ2) is 8.08. The first-order chi connectivity index (χ1) is 13.6. The van der Waals surface area contributed by atoms with Gasteiger partial charge in [-0.2, -0.15) is 4.68 Å². The van der Waals surface area contributed by atoms with E-state index >= 15 is 0 Å². The van der Waals surface area contributed by atoms with Crippen LogP contribution >= 0.6 is 11.6 Å². The second-order valence-corrected chi connectivity index (χ2v) is 7.30. The van der Waals surface area contributed by atoms with Crippen molar-refractivity contribution in [2.45, 2.75) is 13.5 Å². The molecule has 1 aliphatic heterocycles. The normalized spacial score (nSPS) is 15.0. The SMILES string of the molecule is Cc1ccccc1C(=O)N1CCN(Cc2nnnn2-c2ccc(Cl)cc2)CC1. The summed E-state index contributed by atoms with van der Waals surface area (Å²) in [6.07, 6.45) is 0. The predicted octanol–water partition coefficient (Wildman–Crippen LogP) is 2.58. The fourth-order valence-electron chi connectivity index (χ4n) is 3.38. The van der Waals surface area contributed by atoms with Crippen LogP contribution < -0.4 is 0 Å². The minimum atomic E-state index is 0.101. The number of carbonyl (C=O) groups is 1. The fourth-order valence-corrected chi connectivity index (χ4v) is 3.51. The van der Waals surface area contributed by atoms with Crippen LogP contribution in [-0.4, -0.2) is 62.1 Å². The predicted molar refractivity (Wildman–Crippen MR) is 107 cm³/mol. The van der Waals surface area contributed by atoms with Crippen molar-refractivity contribution < 1.29 is 4.79 Å². The Hall–Kier alpha value is -2.77. The second-order valence-electron chi connectivity index (χ2n) is 6.87. The molecule has 1 amide bonds. The number of amides is 1. The molecule has 0 bridgehead atoms. The molecule has 2 heterocycles. The van der Waals surface area contributed by atoms with Crippen LogP contribution in [0.4, 0.5) is 0 Å². The summed E-state index contributed by atoms with van der Waals surface area (Å²) in [7, 11) is 0. The lowest BCUT2D eigenvalue weighted by molar-refractivity contribution is 0.0624. The first-order valence-electron chi connectivity index (χ1n) is 9.22. The number of hydrogen-bond acceptors (Lipinski definition) is 5. The summed E-state index contributed by atoms with van der Waals surface area (Å²) in [5, 5.41) is 12.8.